The Morgan fingerprint density at radius 3 is 2.25 bits per heavy atom. The summed E-state index contributed by atoms with van der Waals surface area (Å²) in [5, 5.41) is 9.30. The van der Waals surface area contributed by atoms with Crippen molar-refractivity contribution in [3.05, 3.63) is 0 Å². The average Bonchev–Trinajstić information content (AvgIpc) is 2.80. The molecule has 2 rings (SSSR count). The molecule has 114 valence electrons. The number of rotatable bonds is 3. The van der Waals surface area contributed by atoms with Crippen molar-refractivity contribution < 1.29 is 14.7 Å². The smallest absolute Gasteiger partial charge is 0.307 e. The van der Waals surface area contributed by atoms with E-state index in [2.05, 4.69) is 11.9 Å². The van der Waals surface area contributed by atoms with Crippen LogP contribution in [0.25, 0.3) is 0 Å². The Morgan fingerprint density at radius 1 is 1.15 bits per heavy atom. The van der Waals surface area contributed by atoms with E-state index in [0.29, 0.717) is 18.8 Å². The van der Waals surface area contributed by atoms with Crippen molar-refractivity contribution in [2.75, 3.05) is 27.2 Å². The highest BCUT2D eigenvalue weighted by molar-refractivity contribution is 5.85. The van der Waals surface area contributed by atoms with Crippen LogP contribution in [-0.4, -0.2) is 60.0 Å². The Hall–Kier alpha value is -1.10. The van der Waals surface area contributed by atoms with Gasteiger partial charge in [0.1, 0.15) is 0 Å². The maximum atomic E-state index is 12.6. The van der Waals surface area contributed by atoms with E-state index in [4.69, 9.17) is 0 Å². The summed E-state index contributed by atoms with van der Waals surface area (Å²) in [5.74, 6) is -1.27. The summed E-state index contributed by atoms with van der Waals surface area (Å²) in [6, 6.07) is 0.268. The van der Waals surface area contributed by atoms with Gasteiger partial charge in [0.25, 0.3) is 0 Å². The fraction of sp³-hybridized carbons (Fsp3) is 0.867. The second kappa shape index (κ2) is 6.12. The minimum absolute atomic E-state index is 0.0382. The third-order valence-electron chi connectivity index (χ3n) is 5.02. The van der Waals surface area contributed by atoms with Crippen molar-refractivity contribution in [1.29, 1.82) is 0 Å². The number of aliphatic carboxylic acids is 1. The summed E-state index contributed by atoms with van der Waals surface area (Å²) >= 11 is 0. The van der Waals surface area contributed by atoms with Gasteiger partial charge in [-0.25, -0.2) is 0 Å². The Labute approximate surface area is 120 Å². The molecule has 2 fully saturated rings. The number of amides is 1. The molecule has 3 unspecified atom stereocenters. The Morgan fingerprint density at radius 2 is 1.70 bits per heavy atom. The van der Waals surface area contributed by atoms with Gasteiger partial charge in [-0.2, -0.15) is 0 Å². The topological polar surface area (TPSA) is 60.9 Å². The fourth-order valence-electron chi connectivity index (χ4n) is 3.66. The molecule has 3 atom stereocenters. The zero-order valence-corrected chi connectivity index (χ0v) is 12.7. The van der Waals surface area contributed by atoms with Crippen LogP contribution in [0.4, 0.5) is 0 Å². The molecule has 5 heteroatoms. The number of carbonyl (C=O) groups excluding carboxylic acids is 1. The van der Waals surface area contributed by atoms with Crippen LogP contribution in [-0.2, 0) is 9.59 Å². The highest BCUT2D eigenvalue weighted by Crippen LogP contribution is 2.38. The van der Waals surface area contributed by atoms with Crippen LogP contribution in [0.1, 0.15) is 32.6 Å². The van der Waals surface area contributed by atoms with Gasteiger partial charge in [0.05, 0.1) is 11.8 Å². The van der Waals surface area contributed by atoms with Gasteiger partial charge in [-0.1, -0.05) is 6.92 Å². The minimum atomic E-state index is -0.815. The third kappa shape index (κ3) is 3.14. The molecule has 0 aromatic heterocycles. The number of hydrogen-bond donors (Lipinski definition) is 1. The molecular weight excluding hydrogens is 256 g/mol. The first-order valence-electron chi connectivity index (χ1n) is 7.58. The Kier molecular flexibility index (Phi) is 4.68. The molecule has 0 bridgehead atoms. The van der Waals surface area contributed by atoms with E-state index in [1.807, 2.05) is 18.9 Å². The maximum absolute atomic E-state index is 12.6. The third-order valence-corrected chi connectivity index (χ3v) is 5.02. The van der Waals surface area contributed by atoms with Crippen LogP contribution in [0.5, 0.6) is 0 Å². The molecule has 5 nitrogen and oxygen atoms in total. The number of piperidine rings is 1. The quantitative estimate of drug-likeness (QED) is 0.847. The van der Waals surface area contributed by atoms with Crippen molar-refractivity contribution >= 4 is 11.9 Å². The van der Waals surface area contributed by atoms with Gasteiger partial charge in [-0.3, -0.25) is 9.59 Å². The molecule has 20 heavy (non-hydrogen) atoms. The lowest BCUT2D eigenvalue weighted by molar-refractivity contribution is -0.149. The van der Waals surface area contributed by atoms with Gasteiger partial charge in [-0.15, -0.1) is 0 Å². The number of carboxylic acids is 1. The maximum Gasteiger partial charge on any atom is 0.307 e. The number of carboxylic acid groups (broad SMARTS) is 1. The van der Waals surface area contributed by atoms with Crippen LogP contribution < -0.4 is 0 Å². The predicted molar refractivity (Wildman–Crippen MR) is 76.3 cm³/mol. The predicted octanol–water partition coefficient (Wildman–Crippen LogP) is 1.29. The van der Waals surface area contributed by atoms with Crippen LogP contribution >= 0.6 is 0 Å². The SMILES string of the molecule is CC1CC(C(=O)O)C(C(=O)N(C)C2CCN(C)CC2)C1. The lowest BCUT2D eigenvalue weighted by atomic mass is 9.93. The molecule has 1 saturated heterocycles. The number of likely N-dealkylation sites (tertiary alicyclic amines) is 1. The normalized spacial score (nSPS) is 32.2. The lowest BCUT2D eigenvalue weighted by Gasteiger charge is -2.36. The average molecular weight is 282 g/mol. The van der Waals surface area contributed by atoms with Crippen molar-refractivity contribution in [3.63, 3.8) is 0 Å². The molecule has 0 spiro atoms. The first kappa shape index (κ1) is 15.3. The molecule has 0 aromatic carbocycles. The summed E-state index contributed by atoms with van der Waals surface area (Å²) in [6.07, 6.45) is 3.32. The lowest BCUT2D eigenvalue weighted by Crippen LogP contribution is -2.47. The van der Waals surface area contributed by atoms with Gasteiger partial charge in [-0.05, 0) is 51.7 Å². The van der Waals surface area contributed by atoms with E-state index in [0.717, 1.165) is 25.9 Å². The van der Waals surface area contributed by atoms with Crippen LogP contribution in [0, 0.1) is 17.8 Å². The molecule has 1 saturated carbocycles. The molecule has 1 heterocycles. The largest absolute Gasteiger partial charge is 0.481 e. The first-order chi connectivity index (χ1) is 9.40. The zero-order chi connectivity index (χ0) is 14.9. The van der Waals surface area contributed by atoms with E-state index >= 15 is 0 Å². The summed E-state index contributed by atoms with van der Waals surface area (Å²) in [4.78, 5) is 28.1. The van der Waals surface area contributed by atoms with E-state index < -0.39 is 11.9 Å². The van der Waals surface area contributed by atoms with Crippen molar-refractivity contribution in [1.82, 2.24) is 9.80 Å². The van der Waals surface area contributed by atoms with Crippen LogP contribution in [0.3, 0.4) is 0 Å². The molecule has 1 aliphatic carbocycles. The first-order valence-corrected chi connectivity index (χ1v) is 7.58. The zero-order valence-electron chi connectivity index (χ0n) is 12.7. The van der Waals surface area contributed by atoms with E-state index in [9.17, 15) is 14.7 Å². The molecule has 1 aliphatic heterocycles. The van der Waals surface area contributed by atoms with Gasteiger partial charge in [0.2, 0.25) is 5.91 Å². The van der Waals surface area contributed by atoms with Crippen molar-refractivity contribution in [3.8, 4) is 0 Å². The van der Waals surface area contributed by atoms with E-state index in [1.165, 1.54) is 0 Å². The summed E-state index contributed by atoms with van der Waals surface area (Å²) in [5.41, 5.74) is 0. The number of hydrogen-bond acceptors (Lipinski definition) is 3. The molecule has 2 aliphatic rings. The van der Waals surface area contributed by atoms with E-state index in [1.54, 1.807) is 0 Å². The molecule has 1 amide bonds. The number of carbonyl (C=O) groups is 2. The fourth-order valence-corrected chi connectivity index (χ4v) is 3.66. The molecule has 0 aromatic rings. The second-order valence-electron chi connectivity index (χ2n) is 6.61. The second-order valence-corrected chi connectivity index (χ2v) is 6.61. The van der Waals surface area contributed by atoms with Gasteiger partial charge >= 0.3 is 5.97 Å². The standard InChI is InChI=1S/C15H26N2O3/c1-10-8-12(13(9-10)15(19)20)14(18)17(3)11-4-6-16(2)7-5-11/h10-13H,4-9H2,1-3H3,(H,19,20). The van der Waals surface area contributed by atoms with Gasteiger partial charge < -0.3 is 14.9 Å². The summed E-state index contributed by atoms with van der Waals surface area (Å²) < 4.78 is 0. The highest BCUT2D eigenvalue weighted by Gasteiger charge is 2.43. The van der Waals surface area contributed by atoms with Crippen molar-refractivity contribution in [2.45, 2.75) is 38.6 Å². The molecular formula is C15H26N2O3. The molecule has 1 N–H and O–H groups in total. The van der Waals surface area contributed by atoms with Gasteiger partial charge in [0, 0.05) is 13.1 Å². The Balaban J connectivity index is 2.00. The van der Waals surface area contributed by atoms with Crippen LogP contribution in [0.15, 0.2) is 0 Å². The van der Waals surface area contributed by atoms with E-state index in [-0.39, 0.29) is 17.9 Å². The number of nitrogens with zero attached hydrogens (tertiary/aromatic N) is 2. The monoisotopic (exact) mass is 282 g/mol. The van der Waals surface area contributed by atoms with Crippen LogP contribution in [0.2, 0.25) is 0 Å². The molecule has 0 radical (unpaired) electrons. The summed E-state index contributed by atoms with van der Waals surface area (Å²) in [6.45, 7) is 4.05. The Bertz CT molecular complexity index is 377. The van der Waals surface area contributed by atoms with Gasteiger partial charge in [0.15, 0.2) is 0 Å². The summed E-state index contributed by atoms with van der Waals surface area (Å²) in [7, 11) is 3.94. The minimum Gasteiger partial charge on any atom is -0.481 e. The van der Waals surface area contributed by atoms with Crippen molar-refractivity contribution in [2.24, 2.45) is 17.8 Å². The highest BCUT2D eigenvalue weighted by atomic mass is 16.4.